The number of aliphatic hydroxyl groups is 1. The van der Waals surface area contributed by atoms with E-state index in [0.29, 0.717) is 24.8 Å². The van der Waals surface area contributed by atoms with E-state index >= 15 is 0 Å². The van der Waals surface area contributed by atoms with Crippen molar-refractivity contribution in [1.82, 2.24) is 4.57 Å². The maximum absolute atomic E-state index is 12.5. The minimum Gasteiger partial charge on any atom is -0.494 e. The Hall–Kier alpha value is -2.93. The van der Waals surface area contributed by atoms with Crippen LogP contribution in [0.1, 0.15) is 63.5 Å². The summed E-state index contributed by atoms with van der Waals surface area (Å²) in [5.74, 6) is 0.0188. The Labute approximate surface area is 196 Å². The number of allylic oxidation sites excluding steroid dienone is 5. The highest BCUT2D eigenvalue weighted by molar-refractivity contribution is 6.18. The summed E-state index contributed by atoms with van der Waals surface area (Å²) in [6.07, 6.45) is 8.85. The van der Waals surface area contributed by atoms with Gasteiger partial charge in [0.2, 0.25) is 0 Å². The van der Waals surface area contributed by atoms with Crippen LogP contribution in [0.5, 0.6) is 0 Å². The van der Waals surface area contributed by atoms with Gasteiger partial charge in [0.15, 0.2) is 5.43 Å². The van der Waals surface area contributed by atoms with Gasteiger partial charge in [-0.3, -0.25) is 9.79 Å². The summed E-state index contributed by atoms with van der Waals surface area (Å²) in [6.45, 7) is 11.1. The van der Waals surface area contributed by atoms with Gasteiger partial charge in [-0.15, -0.1) is 0 Å². The minimum atomic E-state index is -1.21. The number of rotatable bonds is 8. The molecule has 33 heavy (non-hydrogen) atoms. The SMILES string of the molecule is CC(C)CO.CCCn1cc(C(=O)O)c(=O)cc1/C(=C1\C=CC=C(OC)C1=NC)C(C)CC. The fourth-order valence-corrected chi connectivity index (χ4v) is 3.39. The smallest absolute Gasteiger partial charge is 0.341 e. The summed E-state index contributed by atoms with van der Waals surface area (Å²) >= 11 is 0. The molecule has 0 saturated carbocycles. The number of carbonyl (C=O) groups is 1. The molecule has 182 valence electrons. The number of aryl methyl sites for hydroxylation is 1. The fraction of sp³-hybridized carbons (Fsp3) is 0.500. The molecule has 0 fully saturated rings. The molecule has 7 heteroatoms. The largest absolute Gasteiger partial charge is 0.494 e. The predicted molar refractivity (Wildman–Crippen MR) is 134 cm³/mol. The van der Waals surface area contributed by atoms with E-state index < -0.39 is 11.4 Å². The molecule has 0 bridgehead atoms. The molecule has 7 nitrogen and oxygen atoms in total. The van der Waals surface area contributed by atoms with E-state index in [1.807, 2.05) is 43.6 Å². The van der Waals surface area contributed by atoms with Crippen molar-refractivity contribution in [2.24, 2.45) is 16.8 Å². The molecular formula is C26H38N2O5. The Bertz CT molecular complexity index is 996. The molecule has 2 rings (SSSR count). The molecule has 0 amide bonds. The van der Waals surface area contributed by atoms with Crippen molar-refractivity contribution in [3.05, 3.63) is 63.3 Å². The standard InChI is InChI=1S/C22H28N2O4.C4H10O/c1-6-11-24-13-16(22(26)27)18(25)12-17(24)20(14(3)7-2)15-9-8-10-19(28-5)21(15)23-4;1-4(2)3-5/h8-10,12-14H,6-7,11H2,1-5H3,(H,26,27);4-5H,3H2,1-2H3/b20-15+,23-21?;. The number of hydrogen-bond donors (Lipinski definition) is 2. The zero-order chi connectivity index (χ0) is 25.1. The lowest BCUT2D eigenvalue weighted by Gasteiger charge is -2.25. The van der Waals surface area contributed by atoms with Crippen molar-refractivity contribution in [2.75, 3.05) is 20.8 Å². The zero-order valence-corrected chi connectivity index (χ0v) is 20.9. The van der Waals surface area contributed by atoms with E-state index in [4.69, 9.17) is 9.84 Å². The first kappa shape index (κ1) is 28.1. The number of carboxylic acids is 1. The van der Waals surface area contributed by atoms with E-state index in [1.165, 1.54) is 12.3 Å². The number of aromatic nitrogens is 1. The number of pyridine rings is 1. The quantitative estimate of drug-likeness (QED) is 0.595. The van der Waals surface area contributed by atoms with E-state index in [0.717, 1.165) is 35.4 Å². The molecule has 1 aliphatic carbocycles. The van der Waals surface area contributed by atoms with Crippen LogP contribution in [0.4, 0.5) is 0 Å². The molecule has 0 spiro atoms. The lowest BCUT2D eigenvalue weighted by atomic mass is 9.86. The summed E-state index contributed by atoms with van der Waals surface area (Å²) in [5, 5.41) is 17.5. The minimum absolute atomic E-state index is 0.130. The van der Waals surface area contributed by atoms with Crippen LogP contribution in [0.15, 0.2) is 51.6 Å². The summed E-state index contributed by atoms with van der Waals surface area (Å²) in [4.78, 5) is 28.4. The molecule has 1 heterocycles. The third kappa shape index (κ3) is 7.29. The lowest BCUT2D eigenvalue weighted by Crippen LogP contribution is -2.23. The van der Waals surface area contributed by atoms with Crippen LogP contribution in [-0.2, 0) is 11.3 Å². The summed E-state index contributed by atoms with van der Waals surface area (Å²) < 4.78 is 7.34. The van der Waals surface area contributed by atoms with Gasteiger partial charge in [0.1, 0.15) is 17.0 Å². The fourth-order valence-electron chi connectivity index (χ4n) is 3.39. The van der Waals surface area contributed by atoms with Crippen molar-refractivity contribution >= 4 is 17.3 Å². The highest BCUT2D eigenvalue weighted by Crippen LogP contribution is 2.33. The summed E-state index contributed by atoms with van der Waals surface area (Å²) in [7, 11) is 3.31. The number of methoxy groups -OCH3 is 1. The zero-order valence-electron chi connectivity index (χ0n) is 20.9. The second-order valence-corrected chi connectivity index (χ2v) is 8.31. The summed E-state index contributed by atoms with van der Waals surface area (Å²) in [5.41, 5.74) is 2.59. The van der Waals surface area contributed by atoms with Crippen LogP contribution >= 0.6 is 0 Å². The second kappa shape index (κ2) is 13.6. The van der Waals surface area contributed by atoms with Crippen molar-refractivity contribution in [2.45, 2.75) is 54.0 Å². The maximum atomic E-state index is 12.5. The number of ether oxygens (including phenoxy) is 1. The van der Waals surface area contributed by atoms with E-state index in [1.54, 1.807) is 14.2 Å². The van der Waals surface area contributed by atoms with Crippen molar-refractivity contribution in [3.63, 3.8) is 0 Å². The van der Waals surface area contributed by atoms with Crippen molar-refractivity contribution in [1.29, 1.82) is 0 Å². The van der Waals surface area contributed by atoms with Crippen LogP contribution in [0.2, 0.25) is 0 Å². The highest BCUT2D eigenvalue weighted by atomic mass is 16.5. The van der Waals surface area contributed by atoms with Gasteiger partial charge in [-0.25, -0.2) is 4.79 Å². The van der Waals surface area contributed by atoms with Gasteiger partial charge in [0, 0.05) is 43.7 Å². The van der Waals surface area contributed by atoms with Crippen LogP contribution in [0.25, 0.3) is 5.57 Å². The Morgan fingerprint density at radius 3 is 2.33 bits per heavy atom. The van der Waals surface area contributed by atoms with Gasteiger partial charge in [-0.1, -0.05) is 46.8 Å². The van der Waals surface area contributed by atoms with Gasteiger partial charge < -0.3 is 19.5 Å². The van der Waals surface area contributed by atoms with Crippen LogP contribution in [-0.4, -0.2) is 47.2 Å². The number of hydrogen-bond acceptors (Lipinski definition) is 5. The maximum Gasteiger partial charge on any atom is 0.341 e. The molecule has 1 atom stereocenters. The monoisotopic (exact) mass is 458 g/mol. The molecular weight excluding hydrogens is 420 g/mol. The number of nitrogens with zero attached hydrogens (tertiary/aromatic N) is 2. The van der Waals surface area contributed by atoms with E-state index in [-0.39, 0.29) is 11.5 Å². The molecule has 0 aliphatic heterocycles. The predicted octanol–water partition coefficient (Wildman–Crippen LogP) is 4.56. The number of carboxylic acid groups (broad SMARTS) is 1. The molecule has 0 aromatic carbocycles. The lowest BCUT2D eigenvalue weighted by molar-refractivity contribution is 0.0694. The first-order chi connectivity index (χ1) is 15.7. The van der Waals surface area contributed by atoms with Gasteiger partial charge in [-0.05, 0) is 36.3 Å². The number of aliphatic hydroxyl groups excluding tert-OH is 1. The van der Waals surface area contributed by atoms with Gasteiger partial charge >= 0.3 is 5.97 Å². The molecule has 2 N–H and O–H groups in total. The Morgan fingerprint density at radius 1 is 1.24 bits per heavy atom. The van der Waals surface area contributed by atoms with Crippen LogP contribution in [0, 0.1) is 11.8 Å². The molecule has 1 unspecified atom stereocenters. The van der Waals surface area contributed by atoms with Crippen molar-refractivity contribution < 1.29 is 19.7 Å². The highest BCUT2D eigenvalue weighted by Gasteiger charge is 2.25. The number of aliphatic imine (C=N–C) groups is 1. The van der Waals surface area contributed by atoms with Crippen LogP contribution < -0.4 is 5.43 Å². The summed E-state index contributed by atoms with van der Waals surface area (Å²) in [6, 6.07) is 1.44. The first-order valence-electron chi connectivity index (χ1n) is 11.4. The van der Waals surface area contributed by atoms with Gasteiger partial charge in [0.05, 0.1) is 7.11 Å². The molecule has 1 aromatic heterocycles. The second-order valence-electron chi connectivity index (χ2n) is 8.31. The molecule has 1 aliphatic rings. The Kier molecular flexibility index (Phi) is 11.6. The molecule has 0 radical (unpaired) electrons. The average Bonchev–Trinajstić information content (AvgIpc) is 2.80. The Balaban J connectivity index is 0.000000981. The third-order valence-electron chi connectivity index (χ3n) is 5.30. The number of aromatic carboxylic acids is 1. The average molecular weight is 459 g/mol. The topological polar surface area (TPSA) is 101 Å². The van der Waals surface area contributed by atoms with E-state index in [2.05, 4.69) is 18.8 Å². The Morgan fingerprint density at radius 2 is 1.88 bits per heavy atom. The molecule has 0 saturated heterocycles. The first-order valence-corrected chi connectivity index (χ1v) is 11.4. The van der Waals surface area contributed by atoms with E-state index in [9.17, 15) is 14.7 Å². The normalized spacial score (nSPS) is 16.8. The van der Waals surface area contributed by atoms with Gasteiger partial charge in [-0.2, -0.15) is 0 Å². The van der Waals surface area contributed by atoms with Crippen LogP contribution in [0.3, 0.4) is 0 Å². The molecule has 1 aromatic rings. The van der Waals surface area contributed by atoms with Gasteiger partial charge in [0.25, 0.3) is 0 Å². The third-order valence-corrected chi connectivity index (χ3v) is 5.30. The van der Waals surface area contributed by atoms with Crippen molar-refractivity contribution in [3.8, 4) is 0 Å².